The average molecular weight is 236 g/mol. The number of anilines is 1. The van der Waals surface area contributed by atoms with E-state index in [0.29, 0.717) is 18.0 Å². The van der Waals surface area contributed by atoms with Gasteiger partial charge in [0, 0.05) is 19.7 Å². The lowest BCUT2D eigenvalue weighted by Gasteiger charge is -2.08. The number of ether oxygens (including phenoxy) is 1. The van der Waals surface area contributed by atoms with E-state index in [2.05, 4.69) is 17.2 Å². The minimum atomic E-state index is -0.189. The highest BCUT2D eigenvalue weighted by atomic mass is 16.5. The number of carbonyl (C=O) groups is 1. The van der Waals surface area contributed by atoms with E-state index in [0.717, 1.165) is 12.8 Å². The molecule has 0 fully saturated rings. The Hall–Kier alpha value is -1.58. The Morgan fingerprint density at radius 3 is 2.94 bits per heavy atom. The molecule has 0 aromatic carbocycles. The van der Waals surface area contributed by atoms with Crippen molar-refractivity contribution in [2.45, 2.75) is 39.0 Å². The van der Waals surface area contributed by atoms with Crippen LogP contribution < -0.4 is 10.1 Å². The Kier molecular flexibility index (Phi) is 6.07. The lowest BCUT2D eigenvalue weighted by atomic mass is 10.2. The van der Waals surface area contributed by atoms with Gasteiger partial charge in [0.1, 0.15) is 0 Å². The van der Waals surface area contributed by atoms with Gasteiger partial charge in [0.25, 0.3) is 0 Å². The van der Waals surface area contributed by atoms with E-state index in [1.54, 1.807) is 25.4 Å². The second kappa shape index (κ2) is 7.65. The van der Waals surface area contributed by atoms with Crippen LogP contribution in [0, 0.1) is 0 Å². The zero-order valence-electron chi connectivity index (χ0n) is 10.5. The summed E-state index contributed by atoms with van der Waals surface area (Å²) in [6.45, 7) is 2.15. The highest BCUT2D eigenvalue weighted by Crippen LogP contribution is 2.20. The fourth-order valence-corrected chi connectivity index (χ4v) is 1.53. The van der Waals surface area contributed by atoms with Crippen LogP contribution in [0.3, 0.4) is 0 Å². The highest BCUT2D eigenvalue weighted by Gasteiger charge is 2.08. The molecule has 0 spiro atoms. The summed E-state index contributed by atoms with van der Waals surface area (Å²) >= 11 is 0. The predicted molar refractivity (Wildman–Crippen MR) is 68.2 cm³/mol. The number of hydrogen-bond acceptors (Lipinski definition) is 4. The molecule has 1 aromatic heterocycles. The van der Waals surface area contributed by atoms with Crippen molar-refractivity contribution in [1.82, 2.24) is 4.98 Å². The number of esters is 1. The first kappa shape index (κ1) is 13.5. The van der Waals surface area contributed by atoms with Gasteiger partial charge in [-0.3, -0.25) is 4.79 Å². The summed E-state index contributed by atoms with van der Waals surface area (Å²) in [5.41, 5.74) is 0. The third-order valence-electron chi connectivity index (χ3n) is 2.47. The summed E-state index contributed by atoms with van der Waals surface area (Å²) in [6, 6.07) is 3.49. The van der Waals surface area contributed by atoms with E-state index in [4.69, 9.17) is 4.74 Å². The Bertz CT molecular complexity index is 353. The van der Waals surface area contributed by atoms with Crippen molar-refractivity contribution in [1.29, 1.82) is 0 Å². The molecule has 0 aliphatic carbocycles. The average Bonchev–Trinajstić information content (AvgIpc) is 2.35. The molecule has 1 rings (SSSR count). The molecule has 1 aromatic rings. The maximum absolute atomic E-state index is 11.6. The molecule has 1 N–H and O–H groups in total. The number of unbranched alkanes of at least 4 members (excludes halogenated alkanes) is 3. The molecule has 0 amide bonds. The number of nitrogens with zero attached hydrogens (tertiary/aromatic N) is 1. The largest absolute Gasteiger partial charge is 0.423 e. The standard InChI is InChI=1S/C13H20N2O2/c1-3-4-5-6-9-12(16)17-11-8-7-10-15-13(11)14-2/h7-8,10H,3-6,9H2,1-2H3,(H,14,15). The summed E-state index contributed by atoms with van der Waals surface area (Å²) in [4.78, 5) is 15.6. The van der Waals surface area contributed by atoms with Crippen LogP contribution in [0.5, 0.6) is 5.75 Å². The quantitative estimate of drug-likeness (QED) is 0.584. The number of aromatic nitrogens is 1. The van der Waals surface area contributed by atoms with Crippen LogP contribution in [-0.4, -0.2) is 18.0 Å². The van der Waals surface area contributed by atoms with E-state index in [9.17, 15) is 4.79 Å². The minimum absolute atomic E-state index is 0.189. The third kappa shape index (κ3) is 4.85. The first-order chi connectivity index (χ1) is 8.27. The van der Waals surface area contributed by atoms with Crippen molar-refractivity contribution in [3.05, 3.63) is 18.3 Å². The fourth-order valence-electron chi connectivity index (χ4n) is 1.53. The second-order valence-electron chi connectivity index (χ2n) is 3.88. The van der Waals surface area contributed by atoms with Gasteiger partial charge in [-0.15, -0.1) is 0 Å². The fraction of sp³-hybridized carbons (Fsp3) is 0.538. The zero-order valence-corrected chi connectivity index (χ0v) is 10.5. The van der Waals surface area contributed by atoms with E-state index in [1.165, 1.54) is 12.8 Å². The summed E-state index contributed by atoms with van der Waals surface area (Å²) in [5, 5.41) is 2.89. The van der Waals surface area contributed by atoms with Crippen LogP contribution >= 0.6 is 0 Å². The van der Waals surface area contributed by atoms with Crippen molar-refractivity contribution >= 4 is 11.8 Å². The van der Waals surface area contributed by atoms with Crippen molar-refractivity contribution in [3.8, 4) is 5.75 Å². The molecule has 0 saturated heterocycles. The molecular weight excluding hydrogens is 216 g/mol. The minimum Gasteiger partial charge on any atom is -0.423 e. The molecule has 4 nitrogen and oxygen atoms in total. The van der Waals surface area contributed by atoms with Crippen LogP contribution in [-0.2, 0) is 4.79 Å². The van der Waals surface area contributed by atoms with Gasteiger partial charge in [0.05, 0.1) is 0 Å². The van der Waals surface area contributed by atoms with Gasteiger partial charge in [-0.25, -0.2) is 4.98 Å². The predicted octanol–water partition coefficient (Wildman–Crippen LogP) is 3.00. The molecule has 0 unspecified atom stereocenters. The van der Waals surface area contributed by atoms with Crippen LogP contribution in [0.25, 0.3) is 0 Å². The van der Waals surface area contributed by atoms with Gasteiger partial charge in [0.15, 0.2) is 11.6 Å². The molecule has 17 heavy (non-hydrogen) atoms. The molecule has 4 heteroatoms. The van der Waals surface area contributed by atoms with Gasteiger partial charge in [-0.1, -0.05) is 26.2 Å². The van der Waals surface area contributed by atoms with Crippen LogP contribution in [0.1, 0.15) is 39.0 Å². The van der Waals surface area contributed by atoms with Gasteiger partial charge in [-0.2, -0.15) is 0 Å². The van der Waals surface area contributed by atoms with E-state index in [-0.39, 0.29) is 5.97 Å². The SMILES string of the molecule is CCCCCCC(=O)Oc1cccnc1NC. The first-order valence-electron chi connectivity index (χ1n) is 6.11. The van der Waals surface area contributed by atoms with Crippen molar-refractivity contribution in [3.63, 3.8) is 0 Å². The number of carbonyl (C=O) groups excluding carboxylic acids is 1. The highest BCUT2D eigenvalue weighted by molar-refractivity contribution is 5.74. The number of nitrogens with one attached hydrogen (secondary N) is 1. The van der Waals surface area contributed by atoms with Gasteiger partial charge in [-0.05, 0) is 18.6 Å². The normalized spacial score (nSPS) is 10.0. The van der Waals surface area contributed by atoms with Gasteiger partial charge in [0.2, 0.25) is 0 Å². The number of rotatable bonds is 7. The van der Waals surface area contributed by atoms with E-state index >= 15 is 0 Å². The maximum Gasteiger partial charge on any atom is 0.311 e. The third-order valence-corrected chi connectivity index (χ3v) is 2.47. The van der Waals surface area contributed by atoms with Crippen LogP contribution in [0.15, 0.2) is 18.3 Å². The van der Waals surface area contributed by atoms with Crippen LogP contribution in [0.4, 0.5) is 5.82 Å². The smallest absolute Gasteiger partial charge is 0.311 e. The monoisotopic (exact) mass is 236 g/mol. The lowest BCUT2D eigenvalue weighted by molar-refractivity contribution is -0.134. The summed E-state index contributed by atoms with van der Waals surface area (Å²) in [6.07, 6.45) is 6.44. The van der Waals surface area contributed by atoms with Gasteiger partial charge < -0.3 is 10.1 Å². The summed E-state index contributed by atoms with van der Waals surface area (Å²) in [7, 11) is 1.75. The lowest BCUT2D eigenvalue weighted by Crippen LogP contribution is -2.09. The molecule has 0 aliphatic rings. The molecular formula is C13H20N2O2. The van der Waals surface area contributed by atoms with Crippen molar-refractivity contribution < 1.29 is 9.53 Å². The Balaban J connectivity index is 2.39. The Labute approximate surface area is 102 Å². The van der Waals surface area contributed by atoms with Crippen molar-refractivity contribution in [2.24, 2.45) is 0 Å². The molecule has 0 radical (unpaired) electrons. The molecule has 0 atom stereocenters. The summed E-state index contributed by atoms with van der Waals surface area (Å²) in [5.74, 6) is 0.899. The van der Waals surface area contributed by atoms with Crippen LogP contribution in [0.2, 0.25) is 0 Å². The maximum atomic E-state index is 11.6. The van der Waals surface area contributed by atoms with E-state index in [1.807, 2.05) is 0 Å². The first-order valence-corrected chi connectivity index (χ1v) is 6.11. The van der Waals surface area contributed by atoms with Crippen molar-refractivity contribution in [2.75, 3.05) is 12.4 Å². The molecule has 0 saturated carbocycles. The molecule has 0 aliphatic heterocycles. The second-order valence-corrected chi connectivity index (χ2v) is 3.88. The Morgan fingerprint density at radius 2 is 2.24 bits per heavy atom. The van der Waals surface area contributed by atoms with Gasteiger partial charge >= 0.3 is 5.97 Å². The topological polar surface area (TPSA) is 51.2 Å². The number of hydrogen-bond donors (Lipinski definition) is 1. The molecule has 1 heterocycles. The number of pyridine rings is 1. The summed E-state index contributed by atoms with van der Waals surface area (Å²) < 4.78 is 5.25. The van der Waals surface area contributed by atoms with E-state index < -0.39 is 0 Å². The molecule has 94 valence electrons. The zero-order chi connectivity index (χ0) is 12.5. The molecule has 0 bridgehead atoms. The Morgan fingerprint density at radius 1 is 1.41 bits per heavy atom.